The van der Waals surface area contributed by atoms with Crippen LogP contribution in [0.3, 0.4) is 0 Å². The number of piperidine rings is 1. The predicted molar refractivity (Wildman–Crippen MR) is 232 cm³/mol. The van der Waals surface area contributed by atoms with Crippen molar-refractivity contribution in [2.24, 2.45) is 5.92 Å². The number of urea groups is 1. The number of rotatable bonds is 13. The Bertz CT molecular complexity index is 2520. The van der Waals surface area contributed by atoms with Crippen LogP contribution in [0.4, 0.5) is 21.9 Å². The molecule has 17 nitrogen and oxygen atoms in total. The number of nitrogens with one attached hydrogen (secondary N) is 5. The van der Waals surface area contributed by atoms with Gasteiger partial charge in [-0.3, -0.25) is 24.8 Å². The number of benzene rings is 2. The van der Waals surface area contributed by atoms with Gasteiger partial charge in [-0.25, -0.2) is 19.7 Å². The van der Waals surface area contributed by atoms with Crippen LogP contribution in [0.15, 0.2) is 71.6 Å². The number of fused-ring (bicyclic) bond motifs is 1. The summed E-state index contributed by atoms with van der Waals surface area (Å²) in [5.41, 5.74) is 7.94. The Hall–Kier alpha value is -6.75. The van der Waals surface area contributed by atoms with Crippen molar-refractivity contribution >= 4 is 46.1 Å². The first-order valence-corrected chi connectivity index (χ1v) is 20.7. The van der Waals surface area contributed by atoms with Crippen molar-refractivity contribution in [1.82, 2.24) is 51.0 Å². The number of H-pyrrole nitrogens is 1. The van der Waals surface area contributed by atoms with E-state index in [2.05, 4.69) is 68.4 Å². The summed E-state index contributed by atoms with van der Waals surface area (Å²) < 4.78 is 5.30. The lowest BCUT2D eigenvalue weighted by molar-refractivity contribution is -0.120. The van der Waals surface area contributed by atoms with Gasteiger partial charge in [-0.1, -0.05) is 38.1 Å². The minimum Gasteiger partial charge on any atom is -0.383 e. The molecule has 4 amide bonds. The Morgan fingerprint density at radius 1 is 0.951 bits per heavy atom. The lowest BCUT2D eigenvalue weighted by Gasteiger charge is -2.34. The molecule has 17 heteroatoms. The van der Waals surface area contributed by atoms with Crippen LogP contribution in [0.5, 0.6) is 0 Å². The first-order chi connectivity index (χ1) is 29.4. The summed E-state index contributed by atoms with van der Waals surface area (Å²) in [6.07, 6.45) is 5.85. The Kier molecular flexibility index (Phi) is 11.7. The number of aryl methyl sites for hydroxylation is 1. The molecule has 61 heavy (non-hydrogen) atoms. The van der Waals surface area contributed by atoms with Crippen molar-refractivity contribution in [1.29, 1.82) is 0 Å². The summed E-state index contributed by atoms with van der Waals surface area (Å²) >= 11 is 0. The SMILES string of the molecule is Cc1cc(-c2ncnc3[nH]c(-c4ccc(NCCNCC5CCN(c6ccc(N7CCC(=O)NC7=O)cc6)CC5)cn4)nc23)ccc1[C@@H](C)NC(=O)c1noc(C(C)(C)C)n1. The molecule has 2 aliphatic heterocycles. The van der Waals surface area contributed by atoms with Crippen molar-refractivity contribution < 1.29 is 18.9 Å². The lowest BCUT2D eigenvalue weighted by Crippen LogP contribution is -2.49. The molecule has 0 unspecified atom stereocenters. The molecule has 0 spiro atoms. The summed E-state index contributed by atoms with van der Waals surface area (Å²) in [6.45, 7) is 14.7. The van der Waals surface area contributed by atoms with Crippen molar-refractivity contribution in [3.8, 4) is 22.8 Å². The van der Waals surface area contributed by atoms with Gasteiger partial charge in [0, 0.05) is 61.5 Å². The van der Waals surface area contributed by atoms with Gasteiger partial charge in [0.05, 0.1) is 17.9 Å². The number of amides is 4. The first-order valence-electron chi connectivity index (χ1n) is 20.7. The smallest absolute Gasteiger partial charge is 0.328 e. The topological polar surface area (TPSA) is 212 Å². The fourth-order valence-corrected chi connectivity index (χ4v) is 7.72. The minimum absolute atomic E-state index is 0.00668. The number of imidazole rings is 1. The van der Waals surface area contributed by atoms with Gasteiger partial charge in [0.15, 0.2) is 11.5 Å². The number of nitrogens with zero attached hydrogens (tertiary/aromatic N) is 8. The minimum atomic E-state index is -0.402. The fraction of sp³-hybridized carbons (Fsp3) is 0.386. The maximum absolute atomic E-state index is 12.9. The number of aromatic nitrogens is 7. The van der Waals surface area contributed by atoms with Crippen molar-refractivity contribution in [2.75, 3.05) is 54.4 Å². The highest BCUT2D eigenvalue weighted by Gasteiger charge is 2.27. The molecule has 4 aromatic heterocycles. The highest BCUT2D eigenvalue weighted by atomic mass is 16.5. The number of hydrogen-bond acceptors (Lipinski definition) is 13. The first kappa shape index (κ1) is 41.0. The standard InChI is InChI=1S/C44H51N13O4/c1-26-22-29(6-12-33(26)27(2)50-41(59)40-54-42(61-55-40)44(3,4)5)36-37-39(49-25-48-36)53-38(52-37)34-13-7-30(24-47-34)46-18-17-45-23-28-14-19-56(20-15-28)31-8-10-32(11-9-31)57-21-16-35(58)51-43(57)60/h6-13,22,24-25,27-28,45-46H,14-21,23H2,1-5H3,(H,50,59)(H,51,58,60)(H,48,49,52,53)/t27-/m1/s1. The second-order valence-electron chi connectivity index (χ2n) is 16.7. The van der Waals surface area contributed by atoms with Crippen molar-refractivity contribution in [3.63, 3.8) is 0 Å². The molecular formula is C44H51N13O4. The Labute approximate surface area is 353 Å². The summed E-state index contributed by atoms with van der Waals surface area (Å²) in [7, 11) is 0. The van der Waals surface area contributed by atoms with Crippen LogP contribution in [0, 0.1) is 12.8 Å². The molecule has 0 radical (unpaired) electrons. The summed E-state index contributed by atoms with van der Waals surface area (Å²) in [5.74, 6) is 0.989. The lowest BCUT2D eigenvalue weighted by atomic mass is 9.96. The Balaban J connectivity index is 0.796. The molecule has 2 aliphatic rings. The Morgan fingerprint density at radius 3 is 2.44 bits per heavy atom. The molecule has 2 saturated heterocycles. The molecule has 2 aromatic carbocycles. The van der Waals surface area contributed by atoms with Crippen LogP contribution >= 0.6 is 0 Å². The van der Waals surface area contributed by atoms with Gasteiger partial charge in [-0.2, -0.15) is 4.98 Å². The van der Waals surface area contributed by atoms with Gasteiger partial charge in [0.2, 0.25) is 11.8 Å². The van der Waals surface area contributed by atoms with Gasteiger partial charge in [-0.05, 0) is 92.7 Å². The van der Waals surface area contributed by atoms with E-state index in [0.29, 0.717) is 53.2 Å². The summed E-state index contributed by atoms with van der Waals surface area (Å²) in [6, 6.07) is 17.3. The van der Waals surface area contributed by atoms with E-state index in [1.54, 1.807) is 4.90 Å². The number of hydrogen-bond donors (Lipinski definition) is 5. The highest BCUT2D eigenvalue weighted by Crippen LogP contribution is 2.30. The largest absolute Gasteiger partial charge is 0.383 e. The highest BCUT2D eigenvalue weighted by molar-refractivity contribution is 6.05. The van der Waals surface area contributed by atoms with Crippen LogP contribution < -0.4 is 31.1 Å². The Morgan fingerprint density at radius 2 is 1.74 bits per heavy atom. The van der Waals surface area contributed by atoms with Gasteiger partial charge < -0.3 is 30.4 Å². The van der Waals surface area contributed by atoms with E-state index >= 15 is 0 Å². The zero-order valence-electron chi connectivity index (χ0n) is 35.1. The van der Waals surface area contributed by atoms with Crippen LogP contribution in [-0.4, -0.2) is 92.2 Å². The van der Waals surface area contributed by atoms with Crippen molar-refractivity contribution in [2.45, 2.75) is 65.3 Å². The van der Waals surface area contributed by atoms with Crippen LogP contribution in [0.1, 0.15) is 80.6 Å². The number of aromatic amines is 1. The maximum Gasteiger partial charge on any atom is 0.328 e. The second kappa shape index (κ2) is 17.5. The summed E-state index contributed by atoms with van der Waals surface area (Å²) in [4.78, 5) is 66.7. The van der Waals surface area contributed by atoms with Gasteiger partial charge in [0.1, 0.15) is 23.2 Å². The molecule has 316 valence electrons. The van der Waals surface area contributed by atoms with E-state index in [4.69, 9.17) is 9.51 Å². The normalized spacial score (nSPS) is 15.6. The quantitative estimate of drug-likeness (QED) is 0.0857. The third-order valence-corrected chi connectivity index (χ3v) is 11.2. The van der Waals surface area contributed by atoms with Crippen LogP contribution in [0.25, 0.3) is 33.9 Å². The van der Waals surface area contributed by atoms with E-state index in [-0.39, 0.29) is 29.2 Å². The predicted octanol–water partition coefficient (Wildman–Crippen LogP) is 5.93. The molecule has 0 saturated carbocycles. The van der Waals surface area contributed by atoms with Gasteiger partial charge in [0.25, 0.3) is 11.7 Å². The van der Waals surface area contributed by atoms with Gasteiger partial charge in [-0.15, -0.1) is 0 Å². The number of carbonyl (C=O) groups excluding carboxylic acids is 3. The number of carbonyl (C=O) groups is 3. The van der Waals surface area contributed by atoms with Crippen molar-refractivity contribution in [3.05, 3.63) is 90.0 Å². The molecule has 8 rings (SSSR count). The van der Waals surface area contributed by atoms with E-state index in [1.807, 2.05) is 83.3 Å². The van der Waals surface area contributed by atoms with Crippen LogP contribution in [0.2, 0.25) is 0 Å². The number of pyridine rings is 1. The number of imide groups is 1. The molecule has 5 N–H and O–H groups in total. The zero-order chi connectivity index (χ0) is 42.7. The van der Waals surface area contributed by atoms with Crippen LogP contribution in [-0.2, 0) is 10.2 Å². The van der Waals surface area contributed by atoms with E-state index in [1.165, 1.54) is 6.33 Å². The molecular weight excluding hydrogens is 775 g/mol. The van der Waals surface area contributed by atoms with E-state index < -0.39 is 5.91 Å². The molecule has 0 aliphatic carbocycles. The third kappa shape index (κ3) is 9.36. The zero-order valence-corrected chi connectivity index (χ0v) is 35.1. The third-order valence-electron chi connectivity index (χ3n) is 11.2. The molecule has 0 bridgehead atoms. The second-order valence-corrected chi connectivity index (χ2v) is 16.7. The number of anilines is 3. The fourth-order valence-electron chi connectivity index (χ4n) is 7.72. The van der Waals surface area contributed by atoms with Gasteiger partial charge >= 0.3 is 6.03 Å². The van der Waals surface area contributed by atoms with E-state index in [0.717, 1.165) is 79.3 Å². The maximum atomic E-state index is 12.9. The average molecular weight is 826 g/mol. The van der Waals surface area contributed by atoms with E-state index in [9.17, 15) is 14.4 Å². The summed E-state index contributed by atoms with van der Waals surface area (Å²) in [5, 5.41) is 16.3. The molecule has 6 aromatic rings. The monoisotopic (exact) mass is 825 g/mol. The molecule has 6 heterocycles. The molecule has 1 atom stereocenters. The average Bonchev–Trinajstić information content (AvgIpc) is 3.94. The molecule has 2 fully saturated rings.